The van der Waals surface area contributed by atoms with E-state index in [1.54, 1.807) is 0 Å². The second-order valence-electron chi connectivity index (χ2n) is 6.13. The van der Waals surface area contributed by atoms with E-state index in [0.29, 0.717) is 5.92 Å². The molecular weight excluding hydrogens is 246 g/mol. The van der Waals surface area contributed by atoms with Crippen molar-refractivity contribution < 1.29 is 5.11 Å². The number of hydrogen-bond donors (Lipinski definition) is 2. The highest BCUT2D eigenvalue weighted by atomic mass is 35.5. The molecule has 2 N–H and O–H groups in total. The molecule has 2 aliphatic rings. The monoisotopic (exact) mass is 267 g/mol. The van der Waals surface area contributed by atoms with Gasteiger partial charge in [0, 0.05) is 6.54 Å². The first-order valence-electron chi connectivity index (χ1n) is 6.60. The first-order valence-corrected chi connectivity index (χ1v) is 6.60. The van der Waals surface area contributed by atoms with Crippen LogP contribution in [0.2, 0.25) is 0 Å². The average molecular weight is 268 g/mol. The van der Waals surface area contributed by atoms with Crippen LogP contribution in [0.5, 0.6) is 0 Å². The Morgan fingerprint density at radius 1 is 1.28 bits per heavy atom. The largest absolute Gasteiger partial charge is 0.386 e. The van der Waals surface area contributed by atoms with Crippen LogP contribution in [0.3, 0.4) is 0 Å². The topological polar surface area (TPSA) is 32.3 Å². The summed E-state index contributed by atoms with van der Waals surface area (Å²) in [5.74, 6) is 1.48. The lowest BCUT2D eigenvalue weighted by atomic mass is 9.73. The molecule has 2 nitrogen and oxygen atoms in total. The first-order chi connectivity index (χ1) is 8.04. The van der Waals surface area contributed by atoms with Crippen molar-refractivity contribution in [3.8, 4) is 0 Å². The minimum atomic E-state index is -0.722. The smallest absolute Gasteiger partial charge is 0.0840 e. The molecule has 2 bridgehead atoms. The molecule has 0 amide bonds. The molecule has 3 heteroatoms. The third-order valence-electron chi connectivity index (χ3n) is 4.24. The number of aliphatic hydroxyl groups is 1. The Morgan fingerprint density at radius 2 is 2.06 bits per heavy atom. The highest BCUT2D eigenvalue weighted by Crippen LogP contribution is 2.38. The van der Waals surface area contributed by atoms with E-state index in [1.165, 1.54) is 24.0 Å². The van der Waals surface area contributed by atoms with Gasteiger partial charge in [0.25, 0.3) is 0 Å². The molecule has 0 radical (unpaired) electrons. The molecule has 2 atom stereocenters. The lowest BCUT2D eigenvalue weighted by Crippen LogP contribution is -2.39. The van der Waals surface area contributed by atoms with Crippen LogP contribution in [0.1, 0.15) is 42.9 Å². The third-order valence-corrected chi connectivity index (χ3v) is 4.24. The van der Waals surface area contributed by atoms with E-state index < -0.39 is 5.60 Å². The fourth-order valence-electron chi connectivity index (χ4n) is 3.30. The van der Waals surface area contributed by atoms with Gasteiger partial charge >= 0.3 is 0 Å². The Hall–Kier alpha value is -0.570. The number of benzene rings is 1. The van der Waals surface area contributed by atoms with Crippen molar-refractivity contribution in [1.82, 2.24) is 5.32 Å². The summed E-state index contributed by atoms with van der Waals surface area (Å²) in [5.41, 5.74) is 3.29. The minimum Gasteiger partial charge on any atom is -0.386 e. The molecule has 100 valence electrons. The summed E-state index contributed by atoms with van der Waals surface area (Å²) in [7, 11) is 0. The van der Waals surface area contributed by atoms with Crippen molar-refractivity contribution in [1.29, 1.82) is 0 Å². The van der Waals surface area contributed by atoms with Crippen molar-refractivity contribution in [2.24, 2.45) is 5.92 Å². The minimum absolute atomic E-state index is 0. The molecule has 1 heterocycles. The van der Waals surface area contributed by atoms with E-state index in [4.69, 9.17) is 0 Å². The second-order valence-corrected chi connectivity index (χ2v) is 6.13. The molecule has 2 unspecified atom stereocenters. The Bertz CT molecular complexity index is 439. The van der Waals surface area contributed by atoms with Crippen LogP contribution in [-0.2, 0) is 12.0 Å². The Morgan fingerprint density at radius 3 is 2.78 bits per heavy atom. The van der Waals surface area contributed by atoms with E-state index in [1.807, 2.05) is 13.8 Å². The zero-order valence-corrected chi connectivity index (χ0v) is 11.9. The molecule has 1 aromatic carbocycles. The highest BCUT2D eigenvalue weighted by Gasteiger charge is 2.31. The molecule has 1 aliphatic carbocycles. The quantitative estimate of drug-likeness (QED) is 0.820. The fraction of sp³-hybridized carbons (Fsp3) is 0.600. The number of nitrogens with one attached hydrogen (secondary N) is 1. The van der Waals surface area contributed by atoms with E-state index in [-0.39, 0.29) is 12.4 Å². The van der Waals surface area contributed by atoms with E-state index in [0.717, 1.165) is 24.6 Å². The van der Waals surface area contributed by atoms with Gasteiger partial charge in [0.1, 0.15) is 0 Å². The van der Waals surface area contributed by atoms with Crippen molar-refractivity contribution in [2.75, 3.05) is 13.1 Å². The van der Waals surface area contributed by atoms with Gasteiger partial charge in [-0.05, 0) is 61.8 Å². The Kier molecular flexibility index (Phi) is 3.72. The van der Waals surface area contributed by atoms with E-state index >= 15 is 0 Å². The molecule has 0 saturated carbocycles. The van der Waals surface area contributed by atoms with Gasteiger partial charge in [-0.2, -0.15) is 0 Å². The predicted molar refractivity (Wildman–Crippen MR) is 76.4 cm³/mol. The maximum absolute atomic E-state index is 10.1. The molecular formula is C15H22ClNO. The van der Waals surface area contributed by atoms with Gasteiger partial charge < -0.3 is 10.4 Å². The summed E-state index contributed by atoms with van der Waals surface area (Å²) in [6.07, 6.45) is 2.50. The van der Waals surface area contributed by atoms with Crippen LogP contribution in [0.25, 0.3) is 0 Å². The lowest BCUT2D eigenvalue weighted by molar-refractivity contribution is 0.0784. The number of fused-ring (bicyclic) bond motifs is 4. The maximum Gasteiger partial charge on any atom is 0.0840 e. The molecule has 1 fully saturated rings. The molecule has 1 aromatic rings. The lowest BCUT2D eigenvalue weighted by Gasteiger charge is -2.37. The summed E-state index contributed by atoms with van der Waals surface area (Å²) in [5, 5.41) is 13.6. The summed E-state index contributed by atoms with van der Waals surface area (Å²) >= 11 is 0. The van der Waals surface area contributed by atoms with Crippen molar-refractivity contribution in [2.45, 2.75) is 38.2 Å². The van der Waals surface area contributed by atoms with Crippen LogP contribution < -0.4 is 5.32 Å². The van der Waals surface area contributed by atoms with Crippen LogP contribution in [-0.4, -0.2) is 18.2 Å². The third kappa shape index (κ3) is 2.42. The van der Waals surface area contributed by atoms with Gasteiger partial charge in [0.15, 0.2) is 0 Å². The number of piperidine rings is 1. The molecule has 3 rings (SSSR count). The maximum atomic E-state index is 10.1. The summed E-state index contributed by atoms with van der Waals surface area (Å²) < 4.78 is 0. The van der Waals surface area contributed by atoms with Crippen LogP contribution in [0.4, 0.5) is 0 Å². The Labute approximate surface area is 115 Å². The van der Waals surface area contributed by atoms with Gasteiger partial charge in [0.2, 0.25) is 0 Å². The first kappa shape index (κ1) is 13.9. The zero-order valence-electron chi connectivity index (χ0n) is 11.1. The van der Waals surface area contributed by atoms with Crippen molar-refractivity contribution >= 4 is 12.4 Å². The normalized spacial score (nSPS) is 26.2. The Balaban J connectivity index is 0.00000120. The van der Waals surface area contributed by atoms with E-state index in [9.17, 15) is 5.11 Å². The van der Waals surface area contributed by atoms with Crippen LogP contribution in [0.15, 0.2) is 18.2 Å². The summed E-state index contributed by atoms with van der Waals surface area (Å²) in [4.78, 5) is 0. The van der Waals surface area contributed by atoms with Gasteiger partial charge in [-0.3, -0.25) is 0 Å². The number of halogens is 1. The number of rotatable bonds is 1. The predicted octanol–water partition coefficient (Wildman–Crippen LogP) is 2.59. The van der Waals surface area contributed by atoms with Crippen molar-refractivity contribution in [3.63, 3.8) is 0 Å². The highest BCUT2D eigenvalue weighted by molar-refractivity contribution is 5.85. The standard InChI is InChI=1S/C15H21NO.ClH/c1-15(2,17)13-3-4-14-11(7-13)5-10-6-12(14)9-16-8-10;/h3-4,7,10,12,16-17H,5-6,8-9H2,1-2H3;1H. The van der Waals surface area contributed by atoms with Crippen molar-refractivity contribution in [3.05, 3.63) is 34.9 Å². The second kappa shape index (κ2) is 4.84. The summed E-state index contributed by atoms with van der Waals surface area (Å²) in [6.45, 7) is 5.99. The molecule has 18 heavy (non-hydrogen) atoms. The van der Waals surface area contributed by atoms with E-state index in [2.05, 4.69) is 23.5 Å². The molecule has 1 aliphatic heterocycles. The van der Waals surface area contributed by atoms with Gasteiger partial charge in [-0.25, -0.2) is 0 Å². The molecule has 1 saturated heterocycles. The average Bonchev–Trinajstić information content (AvgIpc) is 2.27. The van der Waals surface area contributed by atoms with Gasteiger partial charge in [-0.15, -0.1) is 12.4 Å². The van der Waals surface area contributed by atoms with Gasteiger partial charge in [-0.1, -0.05) is 18.2 Å². The summed E-state index contributed by atoms with van der Waals surface area (Å²) in [6, 6.07) is 6.55. The fourth-order valence-corrected chi connectivity index (χ4v) is 3.30. The molecule has 0 spiro atoms. The van der Waals surface area contributed by atoms with Gasteiger partial charge in [0.05, 0.1) is 5.60 Å². The SMILES string of the molecule is CC(C)(O)c1ccc2c(c1)CC1CNCC2C1.Cl. The zero-order chi connectivity index (χ0) is 12.0. The van der Waals surface area contributed by atoms with Crippen LogP contribution >= 0.6 is 12.4 Å². The van der Waals surface area contributed by atoms with Crippen LogP contribution in [0, 0.1) is 5.92 Å². The molecule has 0 aromatic heterocycles. The number of hydrogen-bond acceptors (Lipinski definition) is 2.